The number of aryl methyl sites for hydroxylation is 1. The minimum atomic E-state index is -0.929. The van der Waals surface area contributed by atoms with E-state index in [2.05, 4.69) is 4.98 Å². The Labute approximate surface area is 125 Å². The number of aromatic nitrogens is 1. The van der Waals surface area contributed by atoms with Gasteiger partial charge in [0.15, 0.2) is 0 Å². The lowest BCUT2D eigenvalue weighted by atomic mass is 10.2. The normalized spacial score (nSPS) is 10.8. The van der Waals surface area contributed by atoms with Gasteiger partial charge in [-0.2, -0.15) is 0 Å². The van der Waals surface area contributed by atoms with Gasteiger partial charge in [-0.25, -0.2) is 4.98 Å². The van der Waals surface area contributed by atoms with E-state index < -0.39 is 10.9 Å². The first kappa shape index (κ1) is 15.2. The summed E-state index contributed by atoms with van der Waals surface area (Å²) in [6.07, 6.45) is -0.0703. The standard InChI is InChI=1S/C13H15N3O4S/c1-3-15(5-4-13(17)18)10-6-9-12(21-8(2)14-9)7-11(10)16(19)20/h6-7H,3-5H2,1-2H3,(H,17,18). The average Bonchev–Trinajstić information content (AvgIpc) is 2.77. The van der Waals surface area contributed by atoms with E-state index in [1.165, 1.54) is 17.4 Å². The number of hydrogen-bond acceptors (Lipinski definition) is 6. The van der Waals surface area contributed by atoms with Gasteiger partial charge in [-0.1, -0.05) is 0 Å². The van der Waals surface area contributed by atoms with Gasteiger partial charge in [0.2, 0.25) is 0 Å². The van der Waals surface area contributed by atoms with Crippen molar-refractivity contribution in [2.24, 2.45) is 0 Å². The molecule has 0 aliphatic heterocycles. The number of nitrogens with zero attached hydrogens (tertiary/aromatic N) is 3. The van der Waals surface area contributed by atoms with Gasteiger partial charge in [-0.05, 0) is 19.9 Å². The summed E-state index contributed by atoms with van der Waals surface area (Å²) in [5.74, 6) is -0.929. The highest BCUT2D eigenvalue weighted by Crippen LogP contribution is 2.35. The molecule has 0 saturated carbocycles. The number of rotatable bonds is 6. The van der Waals surface area contributed by atoms with E-state index in [0.717, 1.165) is 9.71 Å². The fraction of sp³-hybridized carbons (Fsp3) is 0.385. The second-order valence-electron chi connectivity index (χ2n) is 4.52. The van der Waals surface area contributed by atoms with Crippen LogP contribution in [0.15, 0.2) is 12.1 Å². The van der Waals surface area contributed by atoms with Crippen molar-refractivity contribution in [3.05, 3.63) is 27.3 Å². The van der Waals surface area contributed by atoms with Crippen LogP contribution in [0.1, 0.15) is 18.4 Å². The van der Waals surface area contributed by atoms with Crippen LogP contribution in [-0.2, 0) is 4.79 Å². The average molecular weight is 309 g/mol. The summed E-state index contributed by atoms with van der Waals surface area (Å²) in [6, 6.07) is 3.18. The highest BCUT2D eigenvalue weighted by Gasteiger charge is 2.21. The number of carboxylic acids is 1. The number of carbonyl (C=O) groups is 1. The number of carboxylic acid groups (broad SMARTS) is 1. The fourth-order valence-corrected chi connectivity index (χ4v) is 2.99. The summed E-state index contributed by atoms with van der Waals surface area (Å²) in [5, 5.41) is 20.9. The molecule has 0 radical (unpaired) electrons. The Morgan fingerprint density at radius 3 is 2.81 bits per heavy atom. The highest BCUT2D eigenvalue weighted by atomic mass is 32.1. The third kappa shape index (κ3) is 3.27. The molecule has 1 heterocycles. The predicted molar refractivity (Wildman–Crippen MR) is 81.2 cm³/mol. The van der Waals surface area contributed by atoms with Crippen LogP contribution in [0.3, 0.4) is 0 Å². The van der Waals surface area contributed by atoms with Crippen molar-refractivity contribution in [1.82, 2.24) is 4.98 Å². The third-order valence-corrected chi connectivity index (χ3v) is 4.04. The summed E-state index contributed by atoms with van der Waals surface area (Å²) in [5.41, 5.74) is 1.10. The van der Waals surface area contributed by atoms with Crippen LogP contribution < -0.4 is 4.90 Å². The molecule has 0 amide bonds. The molecule has 1 N–H and O–H groups in total. The maximum absolute atomic E-state index is 11.3. The first-order valence-electron chi connectivity index (χ1n) is 6.44. The number of thiazole rings is 1. The zero-order valence-electron chi connectivity index (χ0n) is 11.7. The summed E-state index contributed by atoms with van der Waals surface area (Å²) in [4.78, 5) is 27.6. The van der Waals surface area contributed by atoms with Gasteiger partial charge >= 0.3 is 5.97 Å². The van der Waals surface area contributed by atoms with E-state index in [-0.39, 0.29) is 18.7 Å². The fourth-order valence-electron chi connectivity index (χ4n) is 2.15. The molecule has 8 heteroatoms. The smallest absolute Gasteiger partial charge is 0.305 e. The number of fused-ring (bicyclic) bond motifs is 1. The number of nitro benzene ring substituents is 1. The SMILES string of the molecule is CCN(CCC(=O)O)c1cc2nc(C)sc2cc1[N+](=O)[O-]. The van der Waals surface area contributed by atoms with Crippen molar-refractivity contribution in [2.75, 3.05) is 18.0 Å². The molecule has 0 unspecified atom stereocenters. The largest absolute Gasteiger partial charge is 0.481 e. The van der Waals surface area contributed by atoms with Crippen molar-refractivity contribution in [3.63, 3.8) is 0 Å². The first-order valence-corrected chi connectivity index (χ1v) is 7.26. The Bertz CT molecular complexity index is 698. The molecule has 1 aromatic heterocycles. The van der Waals surface area contributed by atoms with Crippen molar-refractivity contribution in [1.29, 1.82) is 0 Å². The van der Waals surface area contributed by atoms with Crippen LogP contribution in [0.5, 0.6) is 0 Å². The predicted octanol–water partition coefficient (Wildman–Crippen LogP) is 2.81. The Kier molecular flexibility index (Phi) is 4.37. The topological polar surface area (TPSA) is 96.6 Å². The summed E-state index contributed by atoms with van der Waals surface area (Å²) in [6.45, 7) is 4.39. The van der Waals surface area contributed by atoms with Gasteiger partial charge in [0.1, 0.15) is 5.69 Å². The van der Waals surface area contributed by atoms with Gasteiger partial charge in [0.25, 0.3) is 5.69 Å². The second kappa shape index (κ2) is 6.04. The summed E-state index contributed by atoms with van der Waals surface area (Å²) >= 11 is 1.40. The molecule has 0 bridgehead atoms. The van der Waals surface area contributed by atoms with Crippen LogP contribution in [0, 0.1) is 17.0 Å². The summed E-state index contributed by atoms with van der Waals surface area (Å²) < 4.78 is 0.761. The molecule has 0 spiro atoms. The number of nitro groups is 1. The van der Waals surface area contributed by atoms with Gasteiger partial charge in [-0.3, -0.25) is 14.9 Å². The van der Waals surface area contributed by atoms with Crippen LogP contribution in [0.4, 0.5) is 11.4 Å². The molecule has 0 atom stereocenters. The number of anilines is 1. The molecular weight excluding hydrogens is 294 g/mol. The van der Waals surface area contributed by atoms with E-state index >= 15 is 0 Å². The number of hydrogen-bond donors (Lipinski definition) is 1. The minimum Gasteiger partial charge on any atom is -0.481 e. The van der Waals surface area contributed by atoms with E-state index in [9.17, 15) is 14.9 Å². The van der Waals surface area contributed by atoms with Crippen LogP contribution in [0.2, 0.25) is 0 Å². The number of aliphatic carboxylic acids is 1. The van der Waals surface area contributed by atoms with Gasteiger partial charge in [-0.15, -0.1) is 11.3 Å². The van der Waals surface area contributed by atoms with E-state index in [1.54, 1.807) is 11.0 Å². The zero-order valence-corrected chi connectivity index (χ0v) is 12.5. The minimum absolute atomic E-state index is 0.0154. The van der Waals surface area contributed by atoms with Crippen molar-refractivity contribution >= 4 is 38.9 Å². The van der Waals surface area contributed by atoms with Gasteiger partial charge in [0.05, 0.1) is 26.6 Å². The molecule has 112 valence electrons. The van der Waals surface area contributed by atoms with Crippen LogP contribution in [0.25, 0.3) is 10.2 Å². The van der Waals surface area contributed by atoms with Gasteiger partial charge < -0.3 is 10.0 Å². The zero-order chi connectivity index (χ0) is 15.6. The Balaban J connectivity index is 2.49. The van der Waals surface area contributed by atoms with Crippen molar-refractivity contribution in [3.8, 4) is 0 Å². The molecule has 2 aromatic rings. The third-order valence-electron chi connectivity index (χ3n) is 3.11. The molecule has 0 saturated heterocycles. The van der Waals surface area contributed by atoms with Crippen molar-refractivity contribution in [2.45, 2.75) is 20.3 Å². The molecule has 0 aliphatic carbocycles. The molecule has 2 rings (SSSR count). The molecule has 21 heavy (non-hydrogen) atoms. The van der Waals surface area contributed by atoms with E-state index in [0.29, 0.717) is 17.7 Å². The monoisotopic (exact) mass is 309 g/mol. The molecule has 0 aliphatic rings. The highest BCUT2D eigenvalue weighted by molar-refractivity contribution is 7.18. The summed E-state index contributed by atoms with van der Waals surface area (Å²) in [7, 11) is 0. The maximum Gasteiger partial charge on any atom is 0.305 e. The Morgan fingerprint density at radius 2 is 2.24 bits per heavy atom. The molecule has 7 nitrogen and oxygen atoms in total. The van der Waals surface area contributed by atoms with Crippen LogP contribution >= 0.6 is 11.3 Å². The van der Waals surface area contributed by atoms with Gasteiger partial charge in [0, 0.05) is 19.2 Å². The Morgan fingerprint density at radius 1 is 1.52 bits per heavy atom. The lowest BCUT2D eigenvalue weighted by molar-refractivity contribution is -0.384. The maximum atomic E-state index is 11.3. The lowest BCUT2D eigenvalue weighted by Crippen LogP contribution is -2.26. The van der Waals surface area contributed by atoms with E-state index in [4.69, 9.17) is 5.11 Å². The molecular formula is C13H15N3O4S. The van der Waals surface area contributed by atoms with Crippen LogP contribution in [-0.4, -0.2) is 34.1 Å². The van der Waals surface area contributed by atoms with Crippen molar-refractivity contribution < 1.29 is 14.8 Å². The quantitative estimate of drug-likeness (QED) is 0.651. The Hall–Kier alpha value is -2.22. The second-order valence-corrected chi connectivity index (χ2v) is 5.76. The first-order chi connectivity index (χ1) is 9.92. The molecule has 1 aromatic carbocycles. The number of benzene rings is 1. The molecule has 0 fully saturated rings. The van der Waals surface area contributed by atoms with E-state index in [1.807, 2.05) is 13.8 Å². The lowest BCUT2D eigenvalue weighted by Gasteiger charge is -2.21.